The van der Waals surface area contributed by atoms with E-state index in [1.165, 1.54) is 11.9 Å². The van der Waals surface area contributed by atoms with Gasteiger partial charge in [-0.15, -0.1) is 0 Å². The van der Waals surface area contributed by atoms with E-state index in [2.05, 4.69) is 41.2 Å². The average Bonchev–Trinajstić information content (AvgIpc) is 3.17. The third-order valence-corrected chi connectivity index (χ3v) is 5.70. The lowest BCUT2D eigenvalue weighted by Crippen LogP contribution is -2.14. The van der Waals surface area contributed by atoms with Gasteiger partial charge in [-0.25, -0.2) is 4.98 Å². The van der Waals surface area contributed by atoms with E-state index in [0.29, 0.717) is 11.3 Å². The van der Waals surface area contributed by atoms with Gasteiger partial charge in [0.1, 0.15) is 11.4 Å². The number of carbonyl (C=O) groups excluding carboxylic acids is 1. The number of fused-ring (bicyclic) bond motifs is 1. The summed E-state index contributed by atoms with van der Waals surface area (Å²) >= 11 is 1.57. The molecule has 0 fully saturated rings. The first-order valence-corrected chi connectivity index (χ1v) is 10.5. The summed E-state index contributed by atoms with van der Waals surface area (Å²) in [5, 5.41) is 8.13. The molecule has 7 heteroatoms. The van der Waals surface area contributed by atoms with Crippen LogP contribution in [-0.4, -0.2) is 25.5 Å². The van der Waals surface area contributed by atoms with Gasteiger partial charge in [-0.2, -0.15) is 14.6 Å². The molecule has 0 saturated heterocycles. The third-order valence-electron chi connectivity index (χ3n) is 4.69. The summed E-state index contributed by atoms with van der Waals surface area (Å²) in [5.74, 6) is 0.462. The van der Waals surface area contributed by atoms with Crippen LogP contribution in [0.25, 0.3) is 5.78 Å². The van der Waals surface area contributed by atoms with E-state index in [1.54, 1.807) is 16.3 Å². The van der Waals surface area contributed by atoms with E-state index in [1.807, 2.05) is 61.5 Å². The number of anilines is 1. The minimum absolute atomic E-state index is 0.0632. The molecule has 0 atom stereocenters. The summed E-state index contributed by atoms with van der Waals surface area (Å²) in [6.45, 7) is 8.40. The van der Waals surface area contributed by atoms with Crippen LogP contribution >= 0.6 is 11.8 Å². The van der Waals surface area contributed by atoms with Gasteiger partial charge >= 0.3 is 0 Å². The monoisotopic (exact) mass is 417 g/mol. The van der Waals surface area contributed by atoms with Crippen LogP contribution in [0.2, 0.25) is 0 Å². The lowest BCUT2D eigenvalue weighted by atomic mass is 9.87. The van der Waals surface area contributed by atoms with E-state index in [4.69, 9.17) is 0 Å². The van der Waals surface area contributed by atoms with Crippen LogP contribution in [0.4, 0.5) is 5.69 Å². The van der Waals surface area contributed by atoms with Crippen LogP contribution in [0.3, 0.4) is 0 Å². The normalized spacial score (nSPS) is 11.6. The zero-order valence-corrected chi connectivity index (χ0v) is 18.2. The predicted molar refractivity (Wildman–Crippen MR) is 119 cm³/mol. The van der Waals surface area contributed by atoms with Gasteiger partial charge < -0.3 is 5.32 Å². The highest BCUT2D eigenvalue weighted by Gasteiger charge is 2.14. The molecule has 0 saturated carbocycles. The molecule has 2 aromatic carbocycles. The first-order valence-electron chi connectivity index (χ1n) is 9.67. The molecule has 0 radical (unpaired) electrons. The molecule has 2 aromatic heterocycles. The van der Waals surface area contributed by atoms with Gasteiger partial charge in [-0.05, 0) is 60.4 Å². The highest BCUT2D eigenvalue weighted by molar-refractivity contribution is 7.99. The van der Waals surface area contributed by atoms with E-state index in [9.17, 15) is 4.79 Å². The maximum Gasteiger partial charge on any atom is 0.255 e. The van der Waals surface area contributed by atoms with Gasteiger partial charge in [0.05, 0.1) is 0 Å². The molecule has 0 bridgehead atoms. The summed E-state index contributed by atoms with van der Waals surface area (Å²) in [7, 11) is 0. The molecule has 0 aliphatic rings. The van der Waals surface area contributed by atoms with Crippen LogP contribution in [-0.2, 0) is 5.41 Å². The highest BCUT2D eigenvalue weighted by Crippen LogP contribution is 2.29. The van der Waals surface area contributed by atoms with Crippen molar-refractivity contribution in [1.82, 2.24) is 19.6 Å². The van der Waals surface area contributed by atoms with Gasteiger partial charge in [0.25, 0.3) is 11.7 Å². The fourth-order valence-corrected chi connectivity index (χ4v) is 3.98. The summed E-state index contributed by atoms with van der Waals surface area (Å²) < 4.78 is 1.72. The molecule has 4 aromatic rings. The number of aromatic nitrogens is 4. The molecule has 152 valence electrons. The Labute approximate surface area is 179 Å². The fourth-order valence-electron chi connectivity index (χ4n) is 3.02. The summed E-state index contributed by atoms with van der Waals surface area (Å²) in [5.41, 5.74) is 3.55. The number of nitrogens with zero attached hydrogens (tertiary/aromatic N) is 4. The standard InChI is InChI=1S/C23H23N5OS/c1-15-13-20(28-22(26-15)24-14-25-28)30-19-11-9-18(10-12-19)27-21(29)16-5-7-17(8-6-16)23(2,3)4/h5-14H,1-4H3,(H,27,29). The molecule has 1 N–H and O–H groups in total. The average molecular weight is 418 g/mol. The molecule has 0 spiro atoms. The SMILES string of the molecule is Cc1cc(Sc2ccc(NC(=O)c3ccc(C(C)(C)C)cc3)cc2)n2ncnc2n1. The van der Waals surface area contributed by atoms with Crippen LogP contribution in [0, 0.1) is 6.92 Å². The Hall–Kier alpha value is -3.19. The topological polar surface area (TPSA) is 72.2 Å². The van der Waals surface area contributed by atoms with Crippen LogP contribution in [0.15, 0.2) is 70.8 Å². The number of nitrogens with one attached hydrogen (secondary N) is 1. The van der Waals surface area contributed by atoms with Crippen molar-refractivity contribution < 1.29 is 4.79 Å². The number of hydrogen-bond acceptors (Lipinski definition) is 5. The van der Waals surface area contributed by atoms with Crippen LogP contribution < -0.4 is 5.32 Å². The van der Waals surface area contributed by atoms with Crippen molar-refractivity contribution in [3.8, 4) is 0 Å². The number of aryl methyl sites for hydroxylation is 1. The van der Waals surface area contributed by atoms with Crippen molar-refractivity contribution in [2.24, 2.45) is 0 Å². The fraction of sp³-hybridized carbons (Fsp3) is 0.217. The number of hydrogen-bond donors (Lipinski definition) is 1. The van der Waals surface area contributed by atoms with Gasteiger partial charge in [-0.3, -0.25) is 4.79 Å². The largest absolute Gasteiger partial charge is 0.322 e. The van der Waals surface area contributed by atoms with E-state index < -0.39 is 0 Å². The minimum Gasteiger partial charge on any atom is -0.322 e. The quantitative estimate of drug-likeness (QED) is 0.466. The maximum atomic E-state index is 12.6. The molecule has 2 heterocycles. The smallest absolute Gasteiger partial charge is 0.255 e. The van der Waals surface area contributed by atoms with Gasteiger partial charge in [-0.1, -0.05) is 44.7 Å². The Morgan fingerprint density at radius 1 is 1.03 bits per heavy atom. The Kier molecular flexibility index (Phi) is 5.30. The zero-order chi connectivity index (χ0) is 21.3. The molecule has 0 aliphatic carbocycles. The molecule has 0 unspecified atom stereocenters. The van der Waals surface area contributed by atoms with Crippen molar-refractivity contribution >= 4 is 29.1 Å². The van der Waals surface area contributed by atoms with Crippen LogP contribution in [0.5, 0.6) is 0 Å². The van der Waals surface area contributed by atoms with Crippen molar-refractivity contribution in [3.05, 3.63) is 77.7 Å². The lowest BCUT2D eigenvalue weighted by Gasteiger charge is -2.19. The maximum absolute atomic E-state index is 12.6. The molecule has 6 nitrogen and oxygen atoms in total. The van der Waals surface area contributed by atoms with Crippen molar-refractivity contribution in [2.45, 2.75) is 43.0 Å². The summed E-state index contributed by atoms with van der Waals surface area (Å²) in [6, 6.07) is 17.5. The Bertz CT molecular complexity index is 1190. The highest BCUT2D eigenvalue weighted by atomic mass is 32.2. The van der Waals surface area contributed by atoms with E-state index in [-0.39, 0.29) is 11.3 Å². The van der Waals surface area contributed by atoms with E-state index >= 15 is 0 Å². The number of benzene rings is 2. The molecule has 4 rings (SSSR count). The number of amides is 1. The molecule has 1 amide bonds. The second kappa shape index (κ2) is 7.91. The minimum atomic E-state index is -0.120. The molecule has 30 heavy (non-hydrogen) atoms. The number of rotatable bonds is 4. The first-order chi connectivity index (χ1) is 14.3. The Balaban J connectivity index is 1.46. The molecular formula is C23H23N5OS. The van der Waals surface area contributed by atoms with E-state index in [0.717, 1.165) is 21.3 Å². The third kappa shape index (κ3) is 4.36. The Morgan fingerprint density at radius 2 is 1.73 bits per heavy atom. The summed E-state index contributed by atoms with van der Waals surface area (Å²) in [4.78, 5) is 22.1. The predicted octanol–water partition coefficient (Wildman–Crippen LogP) is 5.13. The Morgan fingerprint density at radius 3 is 2.40 bits per heavy atom. The second-order valence-electron chi connectivity index (χ2n) is 8.12. The van der Waals surface area contributed by atoms with Crippen molar-refractivity contribution in [3.63, 3.8) is 0 Å². The zero-order valence-electron chi connectivity index (χ0n) is 17.4. The van der Waals surface area contributed by atoms with Crippen molar-refractivity contribution in [1.29, 1.82) is 0 Å². The summed E-state index contributed by atoms with van der Waals surface area (Å²) in [6.07, 6.45) is 1.50. The van der Waals surface area contributed by atoms with Gasteiger partial charge in [0.15, 0.2) is 0 Å². The molecule has 0 aliphatic heterocycles. The molecular weight excluding hydrogens is 394 g/mol. The van der Waals surface area contributed by atoms with Gasteiger partial charge in [0, 0.05) is 21.8 Å². The second-order valence-corrected chi connectivity index (χ2v) is 9.21. The van der Waals surface area contributed by atoms with Crippen LogP contribution in [0.1, 0.15) is 42.4 Å². The number of carbonyl (C=O) groups is 1. The first kappa shape index (κ1) is 20.1. The van der Waals surface area contributed by atoms with Crippen molar-refractivity contribution in [2.75, 3.05) is 5.32 Å². The lowest BCUT2D eigenvalue weighted by molar-refractivity contribution is 0.102. The van der Waals surface area contributed by atoms with Gasteiger partial charge in [0.2, 0.25) is 0 Å².